The Labute approximate surface area is 172 Å². The average Bonchev–Trinajstić information content (AvgIpc) is 3.26. The number of thiophene rings is 1. The molecule has 1 atom stereocenters. The number of fused-ring (bicyclic) bond motifs is 3. The van der Waals surface area contributed by atoms with Crippen LogP contribution in [0.1, 0.15) is 30.7 Å². The van der Waals surface area contributed by atoms with Crippen LogP contribution in [0.25, 0.3) is 15.9 Å². The van der Waals surface area contributed by atoms with Crippen LogP contribution in [0, 0.1) is 0 Å². The van der Waals surface area contributed by atoms with Gasteiger partial charge in [0, 0.05) is 10.6 Å². The number of hydrogen-bond donors (Lipinski definition) is 1. The zero-order valence-corrected chi connectivity index (χ0v) is 17.7. The zero-order chi connectivity index (χ0) is 19.7. The van der Waals surface area contributed by atoms with Gasteiger partial charge in [-0.15, -0.1) is 11.3 Å². The summed E-state index contributed by atoms with van der Waals surface area (Å²) in [6.45, 7) is 4.16. The summed E-state index contributed by atoms with van der Waals surface area (Å²) in [5.41, 5.74) is 1.98. The fraction of sp³-hybridized carbons (Fsp3) is 0.429. The van der Waals surface area contributed by atoms with Crippen molar-refractivity contribution in [3.8, 4) is 5.69 Å². The van der Waals surface area contributed by atoms with E-state index in [-0.39, 0.29) is 18.3 Å². The molecule has 1 N–H and O–H groups in total. The normalized spacial score (nSPS) is 14.7. The summed E-state index contributed by atoms with van der Waals surface area (Å²) in [5, 5.41) is 11.6. The Morgan fingerprint density at radius 1 is 1.29 bits per heavy atom. The van der Waals surface area contributed by atoms with Crippen LogP contribution in [0.4, 0.5) is 0 Å². The number of thioether (sulfide) groups is 1. The molecule has 5 nitrogen and oxygen atoms in total. The predicted octanol–water partition coefficient (Wildman–Crippen LogP) is 3.81. The van der Waals surface area contributed by atoms with Gasteiger partial charge in [0.1, 0.15) is 4.83 Å². The van der Waals surface area contributed by atoms with Crippen LogP contribution in [-0.4, -0.2) is 39.2 Å². The molecule has 1 aliphatic rings. The van der Waals surface area contributed by atoms with Gasteiger partial charge in [0.2, 0.25) is 0 Å². The first-order valence-corrected chi connectivity index (χ1v) is 11.4. The lowest BCUT2D eigenvalue weighted by Crippen LogP contribution is -2.24. The summed E-state index contributed by atoms with van der Waals surface area (Å²) in [6, 6.07) is 9.62. The molecule has 0 fully saturated rings. The summed E-state index contributed by atoms with van der Waals surface area (Å²) in [7, 11) is 0. The molecule has 2 aromatic heterocycles. The van der Waals surface area contributed by atoms with E-state index in [4.69, 9.17) is 9.72 Å². The molecule has 1 unspecified atom stereocenters. The number of aliphatic hydroxyl groups is 1. The minimum Gasteiger partial charge on any atom is -0.390 e. The van der Waals surface area contributed by atoms with Crippen molar-refractivity contribution in [1.29, 1.82) is 0 Å². The van der Waals surface area contributed by atoms with E-state index < -0.39 is 6.10 Å². The number of aryl methyl sites for hydroxylation is 2. The lowest BCUT2D eigenvalue weighted by molar-refractivity contribution is 0.0152. The number of aromatic nitrogens is 2. The van der Waals surface area contributed by atoms with Gasteiger partial charge >= 0.3 is 0 Å². The van der Waals surface area contributed by atoms with Crippen LogP contribution in [-0.2, 0) is 17.6 Å². The third-order valence-electron chi connectivity index (χ3n) is 4.75. The maximum atomic E-state index is 13.5. The number of ether oxygens (including phenoxy) is 1. The number of aliphatic hydroxyl groups excluding tert-OH is 1. The third kappa shape index (κ3) is 3.89. The van der Waals surface area contributed by atoms with Crippen LogP contribution in [0.3, 0.4) is 0 Å². The Hall–Kier alpha value is -1.67. The molecule has 3 aromatic rings. The third-order valence-corrected chi connectivity index (χ3v) is 7.02. The number of hydrogen-bond acceptors (Lipinski definition) is 6. The van der Waals surface area contributed by atoms with Gasteiger partial charge in [0.25, 0.3) is 5.56 Å². The summed E-state index contributed by atoms with van der Waals surface area (Å²) in [6.07, 6.45) is 2.57. The van der Waals surface area contributed by atoms with Gasteiger partial charge in [0.05, 0.1) is 29.9 Å². The van der Waals surface area contributed by atoms with Gasteiger partial charge in [-0.2, -0.15) is 0 Å². The van der Waals surface area contributed by atoms with Gasteiger partial charge in [-0.1, -0.05) is 30.0 Å². The molecule has 7 heteroatoms. The van der Waals surface area contributed by atoms with E-state index in [1.165, 1.54) is 22.2 Å². The molecule has 28 heavy (non-hydrogen) atoms. The highest BCUT2D eigenvalue weighted by molar-refractivity contribution is 7.99. The molecule has 0 aliphatic heterocycles. The Balaban J connectivity index is 1.73. The van der Waals surface area contributed by atoms with E-state index in [1.54, 1.807) is 15.9 Å². The Morgan fingerprint density at radius 3 is 2.82 bits per heavy atom. The van der Waals surface area contributed by atoms with Crippen LogP contribution in [0.2, 0.25) is 0 Å². The lowest BCUT2D eigenvalue weighted by Gasteiger charge is -2.15. The predicted molar refractivity (Wildman–Crippen MR) is 115 cm³/mol. The van der Waals surface area contributed by atoms with Crippen LogP contribution in [0.5, 0.6) is 0 Å². The minimum absolute atomic E-state index is 0.00831. The van der Waals surface area contributed by atoms with E-state index in [9.17, 15) is 9.90 Å². The minimum atomic E-state index is -0.613. The quantitative estimate of drug-likeness (QED) is 0.469. The van der Waals surface area contributed by atoms with Crippen molar-refractivity contribution in [3.05, 3.63) is 51.1 Å². The summed E-state index contributed by atoms with van der Waals surface area (Å²) in [4.78, 5) is 20.4. The summed E-state index contributed by atoms with van der Waals surface area (Å²) >= 11 is 3.04. The molecule has 0 spiro atoms. The fourth-order valence-corrected chi connectivity index (χ4v) is 5.67. The van der Waals surface area contributed by atoms with Gasteiger partial charge in [0.15, 0.2) is 5.16 Å². The van der Waals surface area contributed by atoms with Gasteiger partial charge < -0.3 is 9.84 Å². The van der Waals surface area contributed by atoms with Crippen LogP contribution < -0.4 is 5.56 Å². The first-order valence-electron chi connectivity index (χ1n) is 9.59. The van der Waals surface area contributed by atoms with E-state index in [1.807, 2.05) is 44.2 Å². The number of benzene rings is 1. The highest BCUT2D eigenvalue weighted by atomic mass is 32.2. The van der Waals surface area contributed by atoms with Crippen molar-refractivity contribution in [2.45, 2.75) is 50.5 Å². The number of nitrogens with zero attached hydrogens (tertiary/aromatic N) is 2. The van der Waals surface area contributed by atoms with Crippen molar-refractivity contribution >= 4 is 33.3 Å². The smallest absolute Gasteiger partial charge is 0.267 e. The van der Waals surface area contributed by atoms with Crippen molar-refractivity contribution in [1.82, 2.24) is 9.55 Å². The van der Waals surface area contributed by atoms with E-state index in [2.05, 4.69) is 0 Å². The topological polar surface area (TPSA) is 64.3 Å². The molecule has 2 heterocycles. The molecule has 1 aromatic carbocycles. The van der Waals surface area contributed by atoms with Crippen LogP contribution >= 0.6 is 23.1 Å². The van der Waals surface area contributed by atoms with Crippen molar-refractivity contribution in [3.63, 3.8) is 0 Å². The van der Waals surface area contributed by atoms with E-state index in [0.717, 1.165) is 35.2 Å². The second-order valence-electron chi connectivity index (χ2n) is 7.25. The number of para-hydroxylation sites is 1. The first-order chi connectivity index (χ1) is 13.5. The van der Waals surface area contributed by atoms with E-state index in [0.29, 0.717) is 10.9 Å². The van der Waals surface area contributed by atoms with Crippen molar-refractivity contribution in [2.75, 3.05) is 12.4 Å². The highest BCUT2D eigenvalue weighted by Crippen LogP contribution is 2.36. The fourth-order valence-electron chi connectivity index (χ4n) is 3.45. The van der Waals surface area contributed by atoms with Crippen LogP contribution in [0.15, 0.2) is 40.3 Å². The molecule has 0 radical (unpaired) electrons. The number of rotatable bonds is 7. The Kier molecular flexibility index (Phi) is 5.87. The van der Waals surface area contributed by atoms with Crippen molar-refractivity contribution in [2.24, 2.45) is 0 Å². The first kappa shape index (κ1) is 19.6. The van der Waals surface area contributed by atoms with Gasteiger partial charge in [-0.25, -0.2) is 4.98 Å². The SMILES string of the molecule is CC(C)OCC(O)CSc1nc2sc3c(c2c(=O)n1-c1ccccc1)CCC3. The highest BCUT2D eigenvalue weighted by Gasteiger charge is 2.24. The second-order valence-corrected chi connectivity index (χ2v) is 9.33. The Morgan fingerprint density at radius 2 is 2.07 bits per heavy atom. The summed E-state index contributed by atoms with van der Waals surface area (Å²) < 4.78 is 7.18. The lowest BCUT2D eigenvalue weighted by atomic mass is 10.2. The molecular weight excluding hydrogens is 392 g/mol. The zero-order valence-electron chi connectivity index (χ0n) is 16.1. The van der Waals surface area contributed by atoms with Gasteiger partial charge in [-0.05, 0) is 50.8 Å². The molecule has 0 bridgehead atoms. The molecule has 0 saturated carbocycles. The standard InChI is InChI=1S/C21H24N2O3S2/c1-13(2)26-11-15(24)12-27-21-22-19-18(16-9-6-10-17(16)28-19)20(25)23(21)14-7-4-3-5-8-14/h3-5,7-8,13,15,24H,6,9-12H2,1-2H3. The molecule has 4 rings (SSSR count). The second kappa shape index (κ2) is 8.37. The molecule has 1 aliphatic carbocycles. The average molecular weight is 417 g/mol. The Bertz CT molecular complexity index is 1030. The van der Waals surface area contributed by atoms with Crippen molar-refractivity contribution < 1.29 is 9.84 Å². The van der Waals surface area contributed by atoms with E-state index >= 15 is 0 Å². The molecular formula is C21H24N2O3S2. The monoisotopic (exact) mass is 416 g/mol. The maximum Gasteiger partial charge on any atom is 0.267 e. The molecule has 0 saturated heterocycles. The largest absolute Gasteiger partial charge is 0.390 e. The molecule has 148 valence electrons. The summed E-state index contributed by atoms with van der Waals surface area (Å²) in [5.74, 6) is 0.419. The van der Waals surface area contributed by atoms with Gasteiger partial charge in [-0.3, -0.25) is 9.36 Å². The molecule has 0 amide bonds. The maximum absolute atomic E-state index is 13.5.